The van der Waals surface area contributed by atoms with E-state index in [1.165, 1.54) is 44.0 Å². The van der Waals surface area contributed by atoms with Crippen molar-refractivity contribution in [2.75, 3.05) is 19.6 Å². The summed E-state index contributed by atoms with van der Waals surface area (Å²) in [7, 11) is 0. The number of hydrogen-bond donors (Lipinski definition) is 2. The smallest absolute Gasteiger partial charge is 0.275 e. The van der Waals surface area contributed by atoms with Crippen molar-refractivity contribution in [3.8, 4) is 5.75 Å². The summed E-state index contributed by atoms with van der Waals surface area (Å²) in [5.74, 6) is -1.46. The standard InChI is InChI=1S/C25H29FN4O4/c26-18-8-6-16(7-9-18)12-27-24(33)19-14-29-15-20-28(13-17-4-1-2-5-17)10-3-11-30(20)25(34)21(29)23(32)22(19)31/h6-9,14,17,20,32H,1-5,10-13,15H2,(H,27,33). The third-order valence-corrected chi connectivity index (χ3v) is 7.28. The molecule has 0 radical (unpaired) electrons. The number of amides is 2. The Kier molecular flexibility index (Phi) is 6.12. The summed E-state index contributed by atoms with van der Waals surface area (Å²) >= 11 is 0. The van der Waals surface area contributed by atoms with Crippen molar-refractivity contribution in [3.05, 3.63) is 63.3 Å². The maximum Gasteiger partial charge on any atom is 0.275 e. The van der Waals surface area contributed by atoms with Crippen LogP contribution in [-0.2, 0) is 13.1 Å². The number of hydrogen-bond acceptors (Lipinski definition) is 5. The van der Waals surface area contributed by atoms with E-state index in [9.17, 15) is 23.9 Å². The predicted octanol–water partition coefficient (Wildman–Crippen LogP) is 2.30. The van der Waals surface area contributed by atoms with Crippen molar-refractivity contribution in [2.24, 2.45) is 5.92 Å². The zero-order valence-electron chi connectivity index (χ0n) is 19.0. The van der Waals surface area contributed by atoms with E-state index >= 15 is 0 Å². The molecule has 1 aromatic carbocycles. The van der Waals surface area contributed by atoms with Crippen LogP contribution >= 0.6 is 0 Å². The lowest BCUT2D eigenvalue weighted by molar-refractivity contribution is -0.0161. The van der Waals surface area contributed by atoms with Gasteiger partial charge < -0.3 is 19.9 Å². The summed E-state index contributed by atoms with van der Waals surface area (Å²) in [6.45, 7) is 2.90. The highest BCUT2D eigenvalue weighted by Crippen LogP contribution is 2.31. The largest absolute Gasteiger partial charge is 0.503 e. The van der Waals surface area contributed by atoms with Gasteiger partial charge in [0.1, 0.15) is 17.5 Å². The van der Waals surface area contributed by atoms with Gasteiger partial charge in [-0.25, -0.2) is 4.39 Å². The Bertz CT molecular complexity index is 1160. The zero-order valence-corrected chi connectivity index (χ0v) is 19.0. The molecule has 0 bridgehead atoms. The van der Waals surface area contributed by atoms with Crippen LogP contribution in [-0.4, -0.2) is 57.1 Å². The fraction of sp³-hybridized carbons (Fsp3) is 0.480. The van der Waals surface area contributed by atoms with Crippen molar-refractivity contribution in [1.82, 2.24) is 19.7 Å². The van der Waals surface area contributed by atoms with Crippen LogP contribution in [0.1, 0.15) is 58.5 Å². The third kappa shape index (κ3) is 4.20. The molecule has 2 N–H and O–H groups in total. The molecule has 1 aliphatic carbocycles. The number of aromatic nitrogens is 1. The van der Waals surface area contributed by atoms with E-state index < -0.39 is 17.1 Å². The summed E-state index contributed by atoms with van der Waals surface area (Å²) in [4.78, 5) is 42.9. The number of fused-ring (bicyclic) bond motifs is 2. The molecule has 2 amide bonds. The fourth-order valence-electron chi connectivity index (χ4n) is 5.50. The molecule has 9 heteroatoms. The minimum atomic E-state index is -0.866. The summed E-state index contributed by atoms with van der Waals surface area (Å²) in [6, 6.07) is 5.67. The van der Waals surface area contributed by atoms with E-state index in [0.29, 0.717) is 24.6 Å². The Morgan fingerprint density at radius 1 is 1.09 bits per heavy atom. The van der Waals surface area contributed by atoms with Crippen LogP contribution in [0.5, 0.6) is 5.75 Å². The van der Waals surface area contributed by atoms with Gasteiger partial charge in [0.15, 0.2) is 11.4 Å². The van der Waals surface area contributed by atoms with E-state index in [1.54, 1.807) is 21.6 Å². The molecule has 3 heterocycles. The van der Waals surface area contributed by atoms with Gasteiger partial charge >= 0.3 is 0 Å². The van der Waals surface area contributed by atoms with E-state index in [0.717, 1.165) is 19.5 Å². The first-order valence-electron chi connectivity index (χ1n) is 12.0. The number of carbonyl (C=O) groups is 2. The van der Waals surface area contributed by atoms with Crippen molar-refractivity contribution in [3.63, 3.8) is 0 Å². The summed E-state index contributed by atoms with van der Waals surface area (Å²) in [5.41, 5.74) is -0.469. The molecule has 3 aliphatic rings. The Balaban J connectivity index is 1.39. The van der Waals surface area contributed by atoms with Gasteiger partial charge in [0, 0.05) is 32.4 Å². The number of carbonyl (C=O) groups excluding carboxylic acids is 2. The molecule has 2 fully saturated rings. The van der Waals surface area contributed by atoms with Crippen molar-refractivity contribution >= 4 is 11.8 Å². The predicted molar refractivity (Wildman–Crippen MR) is 123 cm³/mol. The molecule has 1 saturated heterocycles. The van der Waals surface area contributed by atoms with Crippen LogP contribution in [0.25, 0.3) is 0 Å². The van der Waals surface area contributed by atoms with Crippen molar-refractivity contribution in [2.45, 2.75) is 51.4 Å². The van der Waals surface area contributed by atoms with Crippen LogP contribution in [0, 0.1) is 11.7 Å². The summed E-state index contributed by atoms with van der Waals surface area (Å²) in [5, 5.41) is 13.3. The van der Waals surface area contributed by atoms with Crippen molar-refractivity contribution in [1.29, 1.82) is 0 Å². The van der Waals surface area contributed by atoms with Gasteiger partial charge in [-0.2, -0.15) is 0 Å². The number of nitrogens with one attached hydrogen (secondary N) is 1. The Labute approximate surface area is 197 Å². The van der Waals surface area contributed by atoms with Gasteiger partial charge in [0.05, 0.1) is 6.54 Å². The second kappa shape index (κ2) is 9.21. The number of benzene rings is 1. The number of rotatable bonds is 5. The van der Waals surface area contributed by atoms with Gasteiger partial charge in [-0.3, -0.25) is 19.3 Å². The lowest BCUT2D eigenvalue weighted by atomic mass is 10.0. The molecule has 1 unspecified atom stereocenters. The SMILES string of the molecule is O=C(NCc1ccc(F)cc1)c1cn2c(c(O)c1=O)C(=O)N1CCCN(CC3CCCC3)C1C2. The highest BCUT2D eigenvalue weighted by molar-refractivity contribution is 5.99. The molecule has 5 rings (SSSR count). The topological polar surface area (TPSA) is 94.9 Å². The molecule has 2 aliphatic heterocycles. The molecule has 34 heavy (non-hydrogen) atoms. The van der Waals surface area contributed by atoms with Crippen LogP contribution in [0.15, 0.2) is 35.3 Å². The number of aromatic hydroxyl groups is 1. The zero-order chi connectivity index (χ0) is 23.8. The van der Waals surface area contributed by atoms with Crippen molar-refractivity contribution < 1.29 is 19.1 Å². The lowest BCUT2D eigenvalue weighted by Gasteiger charge is -2.47. The first-order chi connectivity index (χ1) is 16.4. The van der Waals surface area contributed by atoms with E-state index in [2.05, 4.69) is 10.2 Å². The van der Waals surface area contributed by atoms with Crippen LogP contribution in [0.4, 0.5) is 4.39 Å². The molecule has 1 saturated carbocycles. The Hall–Kier alpha value is -3.20. The second-order valence-corrected chi connectivity index (χ2v) is 9.51. The van der Waals surface area contributed by atoms with Gasteiger partial charge in [-0.1, -0.05) is 25.0 Å². The monoisotopic (exact) mass is 468 g/mol. The van der Waals surface area contributed by atoms with Gasteiger partial charge in [-0.05, 0) is 42.9 Å². The lowest BCUT2D eigenvalue weighted by Crippen LogP contribution is -2.61. The number of pyridine rings is 1. The Morgan fingerprint density at radius 2 is 1.82 bits per heavy atom. The van der Waals surface area contributed by atoms with E-state index in [4.69, 9.17) is 0 Å². The maximum atomic E-state index is 13.3. The Morgan fingerprint density at radius 3 is 2.56 bits per heavy atom. The number of halogens is 1. The minimum Gasteiger partial charge on any atom is -0.503 e. The highest BCUT2D eigenvalue weighted by Gasteiger charge is 2.41. The molecule has 2 aromatic rings. The highest BCUT2D eigenvalue weighted by atomic mass is 19.1. The number of nitrogens with zero attached hydrogens (tertiary/aromatic N) is 3. The van der Waals surface area contributed by atoms with Gasteiger partial charge in [0.2, 0.25) is 5.43 Å². The fourth-order valence-corrected chi connectivity index (χ4v) is 5.50. The quantitative estimate of drug-likeness (QED) is 0.702. The first-order valence-corrected chi connectivity index (χ1v) is 12.0. The van der Waals surface area contributed by atoms with Gasteiger partial charge in [0.25, 0.3) is 11.8 Å². The maximum absolute atomic E-state index is 13.3. The first kappa shape index (κ1) is 22.6. The van der Waals surface area contributed by atoms with E-state index in [-0.39, 0.29) is 35.7 Å². The molecule has 8 nitrogen and oxygen atoms in total. The average molecular weight is 469 g/mol. The summed E-state index contributed by atoms with van der Waals surface area (Å²) in [6.07, 6.45) is 6.99. The van der Waals surface area contributed by atoms with Crippen LogP contribution < -0.4 is 10.7 Å². The average Bonchev–Trinajstić information content (AvgIpc) is 3.34. The van der Waals surface area contributed by atoms with E-state index in [1.807, 2.05) is 0 Å². The molecule has 0 spiro atoms. The third-order valence-electron chi connectivity index (χ3n) is 7.28. The van der Waals surface area contributed by atoms with Crippen LogP contribution in [0.3, 0.4) is 0 Å². The summed E-state index contributed by atoms with van der Waals surface area (Å²) < 4.78 is 14.7. The molecule has 1 atom stereocenters. The van der Waals surface area contributed by atoms with Gasteiger partial charge in [-0.15, -0.1) is 0 Å². The van der Waals surface area contributed by atoms with Crippen LogP contribution in [0.2, 0.25) is 0 Å². The molecular formula is C25H29FN4O4. The minimum absolute atomic E-state index is 0.0564. The normalized spacial score (nSPS) is 20.8. The molecular weight excluding hydrogens is 439 g/mol. The second-order valence-electron chi connectivity index (χ2n) is 9.51. The molecule has 180 valence electrons. The molecule has 1 aromatic heterocycles.